The van der Waals surface area contributed by atoms with Crippen LogP contribution in [-0.4, -0.2) is 102 Å². The second-order valence-electron chi connectivity index (χ2n) is 8.08. The molecule has 4 rings (SSSR count). The molecule has 3 amide bonds. The highest BCUT2D eigenvalue weighted by molar-refractivity contribution is 8.00. The van der Waals surface area contributed by atoms with Crippen LogP contribution in [0.25, 0.3) is 0 Å². The normalized spacial score (nSPS) is 22.9. The van der Waals surface area contributed by atoms with Crippen LogP contribution in [0.2, 0.25) is 0 Å². The first-order valence-corrected chi connectivity index (χ1v) is 13.0. The Morgan fingerprint density at radius 2 is 2.08 bits per heavy atom. The van der Waals surface area contributed by atoms with Gasteiger partial charge in [-0.1, -0.05) is 5.16 Å². The Labute approximate surface area is 218 Å². The smallest absolute Gasteiger partial charge is 0.352 e. The van der Waals surface area contributed by atoms with Gasteiger partial charge >= 0.3 is 5.97 Å². The summed E-state index contributed by atoms with van der Waals surface area (Å²) < 4.78 is 3.82. The summed E-state index contributed by atoms with van der Waals surface area (Å²) in [7, 11) is 0. The number of hydrogen-bond donors (Lipinski definition) is 7. The monoisotopic (exact) mass is 552 g/mol. The molecule has 3 aliphatic rings. The largest absolute Gasteiger partial charge is 0.477 e. The van der Waals surface area contributed by atoms with Crippen LogP contribution in [-0.2, 0) is 19.2 Å². The van der Waals surface area contributed by atoms with Crippen molar-refractivity contribution in [3.05, 3.63) is 28.2 Å². The molecular weight excluding hydrogens is 528 g/mol. The van der Waals surface area contributed by atoms with Crippen LogP contribution in [0.3, 0.4) is 0 Å². The zero-order valence-corrected chi connectivity index (χ0v) is 20.9. The van der Waals surface area contributed by atoms with E-state index in [-0.39, 0.29) is 34.9 Å². The van der Waals surface area contributed by atoms with E-state index < -0.39 is 34.9 Å². The minimum Gasteiger partial charge on any atom is -0.477 e. The lowest BCUT2D eigenvalue weighted by molar-refractivity contribution is -0.150. The zero-order valence-electron chi connectivity index (χ0n) is 19.3. The molecule has 17 heteroatoms. The molecule has 0 unspecified atom stereocenters. The molecule has 0 bridgehead atoms. The molecule has 1 aromatic rings. The van der Waals surface area contributed by atoms with E-state index in [0.717, 1.165) is 16.4 Å². The highest BCUT2D eigenvalue weighted by atomic mass is 32.2. The Hall–Kier alpha value is -3.54. The number of carbonyl (C=O) groups excluding carboxylic acids is 3. The number of nitrogens with zero attached hydrogens (tertiary/aromatic N) is 4. The predicted molar refractivity (Wildman–Crippen MR) is 132 cm³/mol. The van der Waals surface area contributed by atoms with E-state index in [9.17, 15) is 29.5 Å². The summed E-state index contributed by atoms with van der Waals surface area (Å²) in [6, 6.07) is -1.08. The van der Waals surface area contributed by atoms with Crippen LogP contribution in [0.15, 0.2) is 27.6 Å². The number of aromatic nitrogens is 2. The number of carbonyl (C=O) groups is 4. The number of nitrogen functional groups attached to an aromatic ring is 1. The minimum atomic E-state index is -1.34. The van der Waals surface area contributed by atoms with Crippen LogP contribution < -0.4 is 21.7 Å². The third kappa shape index (κ3) is 5.15. The van der Waals surface area contributed by atoms with E-state index in [0.29, 0.717) is 49.2 Å². The molecular formula is C20H24N8O7S2. The fourth-order valence-electron chi connectivity index (χ4n) is 4.29. The number of carboxylic acids is 1. The molecule has 37 heavy (non-hydrogen) atoms. The maximum absolute atomic E-state index is 13.1. The molecule has 0 radical (unpaired) electrons. The maximum Gasteiger partial charge on any atom is 0.352 e. The average molecular weight is 553 g/mol. The van der Waals surface area contributed by atoms with Crippen molar-refractivity contribution >= 4 is 57.8 Å². The van der Waals surface area contributed by atoms with E-state index in [1.807, 2.05) is 0 Å². The van der Waals surface area contributed by atoms with Crippen molar-refractivity contribution in [1.29, 1.82) is 0 Å². The van der Waals surface area contributed by atoms with Crippen LogP contribution >= 0.6 is 23.3 Å². The van der Waals surface area contributed by atoms with Crippen molar-refractivity contribution in [2.45, 2.75) is 24.3 Å². The number of nitrogens with two attached hydrogens (primary N) is 1. The van der Waals surface area contributed by atoms with E-state index >= 15 is 0 Å². The molecule has 0 saturated carbocycles. The minimum absolute atomic E-state index is 0.0499. The maximum atomic E-state index is 13.1. The third-order valence-electron chi connectivity index (χ3n) is 5.93. The van der Waals surface area contributed by atoms with Crippen molar-refractivity contribution < 1.29 is 34.6 Å². The number of thioether (sulfide) groups is 1. The number of nitrogens with one attached hydrogen (secondary N) is 3. The Morgan fingerprint density at radius 3 is 2.68 bits per heavy atom. The van der Waals surface area contributed by atoms with Gasteiger partial charge in [-0.3, -0.25) is 19.3 Å². The van der Waals surface area contributed by atoms with Gasteiger partial charge in [0.1, 0.15) is 17.1 Å². The lowest BCUT2D eigenvalue weighted by Crippen LogP contribution is -2.71. The van der Waals surface area contributed by atoms with Crippen LogP contribution in [0, 0.1) is 0 Å². The molecule has 8 N–H and O–H groups in total. The van der Waals surface area contributed by atoms with Gasteiger partial charge in [-0.25, -0.2) is 4.79 Å². The number of hydrogen-bond acceptors (Lipinski definition) is 13. The molecule has 1 aromatic heterocycles. The van der Waals surface area contributed by atoms with E-state index in [2.05, 4.69) is 30.5 Å². The molecule has 2 saturated heterocycles. The number of anilines is 1. The first kappa shape index (κ1) is 26.5. The second-order valence-corrected chi connectivity index (χ2v) is 9.97. The predicted octanol–water partition coefficient (Wildman–Crippen LogP) is -2.17. The number of carboxylic acid groups (broad SMARTS) is 1. The molecule has 0 aliphatic carbocycles. The topological polar surface area (TPSA) is 232 Å². The van der Waals surface area contributed by atoms with Gasteiger partial charge in [0.05, 0.1) is 6.61 Å². The summed E-state index contributed by atoms with van der Waals surface area (Å²) in [5, 5.41) is 38.8. The lowest BCUT2D eigenvalue weighted by atomic mass is 9.92. The van der Waals surface area contributed by atoms with Gasteiger partial charge in [0.15, 0.2) is 5.13 Å². The highest BCUT2D eigenvalue weighted by Crippen LogP contribution is 2.43. The molecule has 2 atom stereocenters. The van der Waals surface area contributed by atoms with Gasteiger partial charge in [0.2, 0.25) is 17.4 Å². The van der Waals surface area contributed by atoms with Crippen molar-refractivity contribution in [3.63, 3.8) is 0 Å². The second kappa shape index (κ2) is 11.2. The Balaban J connectivity index is 1.59. The van der Waals surface area contributed by atoms with E-state index in [1.165, 1.54) is 11.8 Å². The van der Waals surface area contributed by atoms with Gasteiger partial charge in [0.25, 0.3) is 11.8 Å². The standard InChI is InChI=1S/C20H24N8O7S2/c21-20-25-14(27-37-20)11(26-35)16(31)24-12-17(32)28-13(19(33)34)10(7-36-18(12)28)8(1-3-22-5-6-29)9-2-4-23-15(9)30/h12,18,22,29,35H,1-7H2,(H,23,30)(H,24,31)(H,33,34)(H2,21,25,27)/t12-,18-/m1/s1. The Bertz CT molecular complexity index is 1230. The summed E-state index contributed by atoms with van der Waals surface area (Å²) in [5.74, 6) is -3.24. The summed E-state index contributed by atoms with van der Waals surface area (Å²) in [5.41, 5.74) is 6.11. The fourth-order valence-corrected chi connectivity index (χ4v) is 6.11. The Kier molecular flexibility index (Phi) is 8.06. The number of fused-ring (bicyclic) bond motifs is 1. The average Bonchev–Trinajstić information content (AvgIpc) is 3.50. The van der Waals surface area contributed by atoms with Crippen LogP contribution in [0.4, 0.5) is 5.13 Å². The molecule has 15 nitrogen and oxygen atoms in total. The fraction of sp³-hybridized carbons (Fsp3) is 0.450. The van der Waals surface area contributed by atoms with Crippen LogP contribution in [0.1, 0.15) is 18.7 Å². The number of rotatable bonds is 10. The summed E-state index contributed by atoms with van der Waals surface area (Å²) in [4.78, 5) is 55.4. The van der Waals surface area contributed by atoms with Crippen molar-refractivity contribution in [2.75, 3.05) is 37.7 Å². The summed E-state index contributed by atoms with van der Waals surface area (Å²) in [6.45, 7) is 1.09. The first-order valence-electron chi connectivity index (χ1n) is 11.1. The molecule has 0 spiro atoms. The summed E-state index contributed by atoms with van der Waals surface area (Å²) in [6.07, 6.45) is 0.742. The number of amides is 3. The van der Waals surface area contributed by atoms with E-state index in [1.54, 1.807) is 0 Å². The third-order valence-corrected chi connectivity index (χ3v) is 7.75. The molecule has 0 aromatic carbocycles. The molecule has 4 heterocycles. The van der Waals surface area contributed by atoms with E-state index in [4.69, 9.17) is 10.8 Å². The zero-order chi connectivity index (χ0) is 26.7. The van der Waals surface area contributed by atoms with Gasteiger partial charge < -0.3 is 37.1 Å². The van der Waals surface area contributed by atoms with Crippen molar-refractivity contribution in [2.24, 2.45) is 5.16 Å². The van der Waals surface area contributed by atoms with Crippen LogP contribution in [0.5, 0.6) is 0 Å². The number of aliphatic carboxylic acids is 1. The molecule has 3 aliphatic heterocycles. The number of β-lactam (4-membered cyclic amide) rings is 1. The van der Waals surface area contributed by atoms with Gasteiger partial charge in [0, 0.05) is 35.9 Å². The molecule has 2 fully saturated rings. The summed E-state index contributed by atoms with van der Waals surface area (Å²) >= 11 is 2.03. The number of aliphatic hydroxyl groups is 1. The SMILES string of the molecule is Nc1nc(C(=NO)C(=O)N[C@@H]2C(=O)N3C(C(=O)O)=C(C(CCNCCO)=C4CCNC4=O)CS[C@H]23)ns1. The van der Waals surface area contributed by atoms with Gasteiger partial charge in [-0.15, -0.1) is 11.8 Å². The first-order chi connectivity index (χ1) is 17.8. The Morgan fingerprint density at radius 1 is 1.30 bits per heavy atom. The highest BCUT2D eigenvalue weighted by Gasteiger charge is 2.55. The quantitative estimate of drug-likeness (QED) is 0.0410. The van der Waals surface area contributed by atoms with Gasteiger partial charge in [-0.05, 0) is 30.5 Å². The van der Waals surface area contributed by atoms with Gasteiger partial charge in [-0.2, -0.15) is 9.36 Å². The number of oxime groups is 1. The van der Waals surface area contributed by atoms with Crippen molar-refractivity contribution in [1.82, 2.24) is 30.2 Å². The molecule has 198 valence electrons. The van der Waals surface area contributed by atoms with Crippen molar-refractivity contribution in [3.8, 4) is 0 Å². The number of aliphatic hydroxyl groups excluding tert-OH is 1. The lowest BCUT2D eigenvalue weighted by Gasteiger charge is -2.49.